The van der Waals surface area contributed by atoms with E-state index in [0.717, 1.165) is 22.6 Å². The first-order chi connectivity index (χ1) is 12.6. The van der Waals surface area contributed by atoms with Gasteiger partial charge >= 0.3 is 0 Å². The number of Topliss-reactive ketones (excluding diaryl/α,β-unsaturated/α-hetero) is 1. The Bertz CT molecular complexity index is 808. The van der Waals surface area contributed by atoms with Gasteiger partial charge < -0.3 is 5.32 Å². The predicted molar refractivity (Wildman–Crippen MR) is 104 cm³/mol. The summed E-state index contributed by atoms with van der Waals surface area (Å²) in [4.78, 5) is 26.2. The summed E-state index contributed by atoms with van der Waals surface area (Å²) in [5.74, 6) is 0.305. The molecule has 26 heavy (non-hydrogen) atoms. The summed E-state index contributed by atoms with van der Waals surface area (Å²) < 4.78 is 13.9. The zero-order chi connectivity index (χ0) is 18.5. The Kier molecular flexibility index (Phi) is 6.38. The molecule has 3 rings (SSSR count). The Morgan fingerprint density at radius 1 is 1.19 bits per heavy atom. The monoisotopic (exact) mass is 389 g/mol. The standard InChI is InChI=1S/C20H20FNO2S2/c1-25-14-7-5-13(6-8-14)18(23)9-10-19(24)22-17-11-12-26-20-15(17)3-2-4-16(20)21/h2-8,17H,9-12H2,1H3,(H,22,24). The van der Waals surface area contributed by atoms with Gasteiger partial charge in [0.25, 0.3) is 0 Å². The van der Waals surface area contributed by atoms with Crippen LogP contribution in [-0.2, 0) is 4.79 Å². The maximum absolute atomic E-state index is 13.9. The number of thioether (sulfide) groups is 2. The zero-order valence-corrected chi connectivity index (χ0v) is 16.1. The third kappa shape index (κ3) is 4.48. The lowest BCUT2D eigenvalue weighted by atomic mass is 10.0. The molecular weight excluding hydrogens is 369 g/mol. The number of hydrogen-bond donors (Lipinski definition) is 1. The van der Waals surface area contributed by atoms with Gasteiger partial charge in [-0.3, -0.25) is 9.59 Å². The van der Waals surface area contributed by atoms with Gasteiger partial charge in [-0.2, -0.15) is 0 Å². The number of ketones is 1. The number of carbonyl (C=O) groups excluding carboxylic acids is 2. The molecule has 1 aliphatic rings. The van der Waals surface area contributed by atoms with Gasteiger partial charge in [0.15, 0.2) is 5.78 Å². The van der Waals surface area contributed by atoms with Gasteiger partial charge in [0.2, 0.25) is 5.91 Å². The van der Waals surface area contributed by atoms with E-state index in [1.807, 2.05) is 24.5 Å². The Labute approximate surface area is 161 Å². The largest absolute Gasteiger partial charge is 0.349 e. The fourth-order valence-electron chi connectivity index (χ4n) is 2.95. The summed E-state index contributed by atoms with van der Waals surface area (Å²) >= 11 is 3.10. The molecule has 0 saturated heterocycles. The van der Waals surface area contributed by atoms with Crippen molar-refractivity contribution < 1.29 is 14.0 Å². The predicted octanol–water partition coefficient (Wildman–Crippen LogP) is 4.86. The molecular formula is C20H20FNO2S2. The number of benzene rings is 2. The van der Waals surface area contributed by atoms with E-state index < -0.39 is 0 Å². The highest BCUT2D eigenvalue weighted by atomic mass is 32.2. The average molecular weight is 390 g/mol. The quantitative estimate of drug-likeness (QED) is 0.566. The van der Waals surface area contributed by atoms with Crippen molar-refractivity contribution >= 4 is 35.2 Å². The molecule has 1 amide bonds. The van der Waals surface area contributed by atoms with Crippen molar-refractivity contribution in [3.05, 3.63) is 59.4 Å². The molecule has 0 aliphatic carbocycles. The molecule has 2 aromatic rings. The van der Waals surface area contributed by atoms with Crippen LogP contribution < -0.4 is 5.32 Å². The highest BCUT2D eigenvalue weighted by Gasteiger charge is 2.24. The molecule has 3 nitrogen and oxygen atoms in total. The molecule has 6 heteroatoms. The van der Waals surface area contributed by atoms with Crippen molar-refractivity contribution in [1.82, 2.24) is 5.32 Å². The lowest BCUT2D eigenvalue weighted by Gasteiger charge is -2.26. The number of halogens is 1. The fraction of sp³-hybridized carbons (Fsp3) is 0.300. The van der Waals surface area contributed by atoms with Crippen molar-refractivity contribution in [3.8, 4) is 0 Å². The average Bonchev–Trinajstić information content (AvgIpc) is 2.67. The third-order valence-corrected chi connectivity index (χ3v) is 6.25. The molecule has 0 fully saturated rings. The van der Waals surface area contributed by atoms with Gasteiger partial charge in [0, 0.05) is 33.9 Å². The van der Waals surface area contributed by atoms with Gasteiger partial charge in [-0.1, -0.05) is 24.3 Å². The second-order valence-electron chi connectivity index (χ2n) is 6.07. The Morgan fingerprint density at radius 2 is 1.96 bits per heavy atom. The van der Waals surface area contributed by atoms with Crippen molar-refractivity contribution in [3.63, 3.8) is 0 Å². The van der Waals surface area contributed by atoms with E-state index in [2.05, 4.69) is 5.32 Å². The Morgan fingerprint density at radius 3 is 2.69 bits per heavy atom. The van der Waals surface area contributed by atoms with Crippen LogP contribution in [0.4, 0.5) is 4.39 Å². The van der Waals surface area contributed by atoms with E-state index in [0.29, 0.717) is 10.5 Å². The van der Waals surface area contributed by atoms with Crippen molar-refractivity contribution in [2.45, 2.75) is 35.1 Å². The summed E-state index contributed by atoms with van der Waals surface area (Å²) in [6.45, 7) is 0. The number of carbonyl (C=O) groups is 2. The summed E-state index contributed by atoms with van der Waals surface area (Å²) in [5, 5.41) is 2.95. The van der Waals surface area contributed by atoms with E-state index in [9.17, 15) is 14.0 Å². The SMILES string of the molecule is CSc1ccc(C(=O)CCC(=O)NC2CCSc3c(F)cccc32)cc1. The molecule has 136 valence electrons. The number of rotatable bonds is 6. The smallest absolute Gasteiger partial charge is 0.220 e. The van der Waals surface area contributed by atoms with Crippen LogP contribution >= 0.6 is 23.5 Å². The van der Waals surface area contributed by atoms with E-state index in [4.69, 9.17) is 0 Å². The summed E-state index contributed by atoms with van der Waals surface area (Å²) in [6, 6.07) is 12.2. The van der Waals surface area contributed by atoms with Crippen LogP contribution in [0.25, 0.3) is 0 Å². The van der Waals surface area contributed by atoms with Crippen LogP contribution in [0.5, 0.6) is 0 Å². The van der Waals surface area contributed by atoms with Gasteiger partial charge in [-0.15, -0.1) is 23.5 Å². The van der Waals surface area contributed by atoms with Gasteiger partial charge in [-0.05, 0) is 36.4 Å². The first-order valence-electron chi connectivity index (χ1n) is 8.46. The Balaban J connectivity index is 1.56. The van der Waals surface area contributed by atoms with E-state index in [-0.39, 0.29) is 36.4 Å². The van der Waals surface area contributed by atoms with Crippen LogP contribution in [0.1, 0.15) is 41.2 Å². The maximum Gasteiger partial charge on any atom is 0.220 e. The topological polar surface area (TPSA) is 46.2 Å². The van der Waals surface area contributed by atoms with Crippen LogP contribution in [-0.4, -0.2) is 23.7 Å². The molecule has 0 saturated carbocycles. The zero-order valence-electron chi connectivity index (χ0n) is 14.5. The van der Waals surface area contributed by atoms with Crippen LogP contribution in [0.15, 0.2) is 52.3 Å². The van der Waals surface area contributed by atoms with Crippen LogP contribution in [0, 0.1) is 5.82 Å². The highest BCUT2D eigenvalue weighted by Crippen LogP contribution is 2.37. The molecule has 1 aliphatic heterocycles. The lowest BCUT2D eigenvalue weighted by Crippen LogP contribution is -2.31. The molecule has 1 unspecified atom stereocenters. The second kappa shape index (κ2) is 8.73. The van der Waals surface area contributed by atoms with E-state index in [1.54, 1.807) is 30.0 Å². The molecule has 1 N–H and O–H groups in total. The number of fused-ring (bicyclic) bond motifs is 1. The Hall–Kier alpha value is -1.79. The minimum Gasteiger partial charge on any atom is -0.349 e. The second-order valence-corrected chi connectivity index (χ2v) is 8.05. The van der Waals surface area contributed by atoms with Gasteiger partial charge in [-0.25, -0.2) is 4.39 Å². The van der Waals surface area contributed by atoms with Crippen molar-refractivity contribution in [1.29, 1.82) is 0 Å². The lowest BCUT2D eigenvalue weighted by molar-refractivity contribution is -0.121. The van der Waals surface area contributed by atoms with E-state index >= 15 is 0 Å². The number of amides is 1. The summed E-state index contributed by atoms with van der Waals surface area (Å²) in [5.41, 5.74) is 1.45. The van der Waals surface area contributed by atoms with Gasteiger partial charge in [0.1, 0.15) is 5.82 Å². The van der Waals surface area contributed by atoms with Gasteiger partial charge in [0.05, 0.1) is 6.04 Å². The molecule has 2 aromatic carbocycles. The van der Waals surface area contributed by atoms with Crippen LogP contribution in [0.3, 0.4) is 0 Å². The summed E-state index contributed by atoms with van der Waals surface area (Å²) in [6.07, 6.45) is 3.05. The van der Waals surface area contributed by atoms with Crippen molar-refractivity contribution in [2.75, 3.05) is 12.0 Å². The fourth-order valence-corrected chi connectivity index (χ4v) is 4.50. The first kappa shape index (κ1) is 19.0. The van der Waals surface area contributed by atoms with Crippen LogP contribution in [0.2, 0.25) is 0 Å². The number of hydrogen-bond acceptors (Lipinski definition) is 4. The minimum absolute atomic E-state index is 0.0431. The first-order valence-corrected chi connectivity index (χ1v) is 10.7. The number of nitrogens with one attached hydrogen (secondary N) is 1. The molecule has 1 heterocycles. The summed E-state index contributed by atoms with van der Waals surface area (Å²) in [7, 11) is 0. The molecule has 0 radical (unpaired) electrons. The minimum atomic E-state index is -0.240. The van der Waals surface area contributed by atoms with Crippen molar-refractivity contribution in [2.24, 2.45) is 0 Å². The maximum atomic E-state index is 13.9. The molecule has 0 spiro atoms. The molecule has 1 atom stereocenters. The highest BCUT2D eigenvalue weighted by molar-refractivity contribution is 7.99. The molecule has 0 aromatic heterocycles. The molecule has 0 bridgehead atoms. The normalized spacial score (nSPS) is 16.0. The third-order valence-electron chi connectivity index (χ3n) is 4.35. The van der Waals surface area contributed by atoms with E-state index in [1.165, 1.54) is 17.8 Å².